The average Bonchev–Trinajstić information content (AvgIpc) is 2.22. The number of hydrogen-bond acceptors (Lipinski definition) is 4. The molecule has 0 rings (SSSR count). The second kappa shape index (κ2) is 13.2. The van der Waals surface area contributed by atoms with Gasteiger partial charge in [-0.1, -0.05) is 12.2 Å². The van der Waals surface area contributed by atoms with Crippen molar-refractivity contribution in [2.75, 3.05) is 6.61 Å². The molecule has 16 heavy (non-hydrogen) atoms. The molecule has 0 aliphatic rings. The van der Waals surface area contributed by atoms with Crippen LogP contribution in [0.4, 0.5) is 0 Å². The highest BCUT2D eigenvalue weighted by molar-refractivity contribution is 5.70. The van der Waals surface area contributed by atoms with Crippen molar-refractivity contribution in [2.45, 2.75) is 19.3 Å². The lowest BCUT2D eigenvalue weighted by atomic mass is 10.3. The summed E-state index contributed by atoms with van der Waals surface area (Å²) in [5, 5.41) is 32.1. The van der Waals surface area contributed by atoms with Crippen LogP contribution in [0.1, 0.15) is 19.3 Å². The fraction of sp³-hybridized carbons (Fsp3) is 0.400. The maximum atomic E-state index is 9.85. The average molecular weight is 232 g/mol. The minimum Gasteiger partial charge on any atom is -0.516 e. The van der Waals surface area contributed by atoms with E-state index in [1.807, 2.05) is 0 Å². The summed E-state index contributed by atoms with van der Waals surface area (Å²) in [5.74, 6) is -1.91. The molecule has 0 bridgehead atoms. The number of rotatable bonds is 6. The quantitative estimate of drug-likeness (QED) is 0.400. The van der Waals surface area contributed by atoms with Gasteiger partial charge in [0.1, 0.15) is 0 Å². The standard InChI is InChI=1S/C6H8O4.C4H8O2/c7-5(8)3-1-2-4-6(9)10;5-3-1-2-4-6/h1-2H,3-4H2,(H,7,8)(H,9,10);1,3,5-6H,2,4H2/b2-1+;3-1+. The van der Waals surface area contributed by atoms with Gasteiger partial charge in [0.15, 0.2) is 0 Å². The molecule has 0 radical (unpaired) electrons. The number of aliphatic hydroxyl groups excluding tert-OH is 2. The van der Waals surface area contributed by atoms with Crippen LogP contribution in [0.2, 0.25) is 0 Å². The van der Waals surface area contributed by atoms with E-state index in [4.69, 9.17) is 20.4 Å². The molecule has 4 N–H and O–H groups in total. The Hall–Kier alpha value is -1.82. The fourth-order valence-corrected chi connectivity index (χ4v) is 0.517. The number of carboxylic acid groups (broad SMARTS) is 2. The van der Waals surface area contributed by atoms with Crippen molar-refractivity contribution in [1.29, 1.82) is 0 Å². The molecule has 0 heterocycles. The Kier molecular flexibility index (Phi) is 13.7. The molecular formula is C10H16O6. The first-order chi connectivity index (χ1) is 7.54. The number of aliphatic hydroxyl groups is 2. The number of hydrogen-bond donors (Lipinski definition) is 4. The predicted molar refractivity (Wildman–Crippen MR) is 57.1 cm³/mol. The van der Waals surface area contributed by atoms with E-state index in [1.165, 1.54) is 18.2 Å². The Balaban J connectivity index is 0. The van der Waals surface area contributed by atoms with E-state index in [-0.39, 0.29) is 19.4 Å². The van der Waals surface area contributed by atoms with E-state index in [2.05, 4.69) is 0 Å². The van der Waals surface area contributed by atoms with Crippen LogP contribution in [-0.2, 0) is 9.59 Å². The largest absolute Gasteiger partial charge is 0.516 e. The highest BCUT2D eigenvalue weighted by Gasteiger charge is 1.91. The Morgan fingerprint density at radius 1 is 0.938 bits per heavy atom. The maximum absolute atomic E-state index is 9.85. The van der Waals surface area contributed by atoms with Gasteiger partial charge in [-0.3, -0.25) is 9.59 Å². The smallest absolute Gasteiger partial charge is 0.307 e. The summed E-state index contributed by atoms with van der Waals surface area (Å²) in [6.45, 7) is 0.108. The second-order valence-electron chi connectivity index (χ2n) is 2.56. The third kappa shape index (κ3) is 22.8. The van der Waals surface area contributed by atoms with E-state index in [1.54, 1.807) is 0 Å². The van der Waals surface area contributed by atoms with Crippen molar-refractivity contribution in [3.63, 3.8) is 0 Å². The van der Waals surface area contributed by atoms with E-state index in [0.717, 1.165) is 6.26 Å². The van der Waals surface area contributed by atoms with Crippen molar-refractivity contribution < 1.29 is 30.0 Å². The van der Waals surface area contributed by atoms with E-state index < -0.39 is 11.9 Å². The summed E-state index contributed by atoms with van der Waals surface area (Å²) < 4.78 is 0. The third-order valence-corrected chi connectivity index (χ3v) is 1.15. The minimum absolute atomic E-state index is 0.108. The zero-order chi connectivity index (χ0) is 12.8. The molecule has 92 valence electrons. The van der Waals surface area contributed by atoms with Crippen LogP contribution in [-0.4, -0.2) is 39.0 Å². The lowest BCUT2D eigenvalue weighted by molar-refractivity contribution is -0.137. The number of aliphatic carboxylic acids is 2. The Bertz CT molecular complexity index is 226. The van der Waals surface area contributed by atoms with E-state index >= 15 is 0 Å². The molecule has 0 saturated heterocycles. The van der Waals surface area contributed by atoms with Crippen LogP contribution in [0.5, 0.6) is 0 Å². The molecular weight excluding hydrogens is 216 g/mol. The molecule has 0 aromatic heterocycles. The summed E-state index contributed by atoms with van der Waals surface area (Å²) in [7, 11) is 0. The molecule has 0 aliphatic carbocycles. The Morgan fingerprint density at radius 2 is 1.38 bits per heavy atom. The summed E-state index contributed by atoms with van der Waals surface area (Å²) in [4.78, 5) is 19.7. The predicted octanol–water partition coefficient (Wildman–Crippen LogP) is 0.933. The van der Waals surface area contributed by atoms with Crippen molar-refractivity contribution in [2.24, 2.45) is 0 Å². The van der Waals surface area contributed by atoms with Gasteiger partial charge in [0, 0.05) is 6.61 Å². The molecule has 0 fully saturated rings. The molecule has 0 amide bonds. The Labute approximate surface area is 93.2 Å². The van der Waals surface area contributed by atoms with E-state index in [9.17, 15) is 9.59 Å². The summed E-state index contributed by atoms with van der Waals surface area (Å²) >= 11 is 0. The molecule has 0 atom stereocenters. The van der Waals surface area contributed by atoms with Crippen LogP contribution in [0.25, 0.3) is 0 Å². The molecule has 0 saturated carbocycles. The maximum Gasteiger partial charge on any atom is 0.307 e. The highest BCUT2D eigenvalue weighted by Crippen LogP contribution is 1.86. The van der Waals surface area contributed by atoms with Gasteiger partial charge < -0.3 is 20.4 Å². The molecule has 0 aliphatic heterocycles. The van der Waals surface area contributed by atoms with Crippen LogP contribution in [0, 0.1) is 0 Å². The van der Waals surface area contributed by atoms with Gasteiger partial charge in [0.05, 0.1) is 19.1 Å². The highest BCUT2D eigenvalue weighted by atomic mass is 16.4. The zero-order valence-electron chi connectivity index (χ0n) is 8.74. The van der Waals surface area contributed by atoms with Crippen molar-refractivity contribution in [1.82, 2.24) is 0 Å². The zero-order valence-corrected chi connectivity index (χ0v) is 8.74. The first-order valence-corrected chi connectivity index (χ1v) is 4.53. The SMILES string of the molecule is O/C=C/CCO.O=C(O)C/C=C/CC(=O)O. The summed E-state index contributed by atoms with van der Waals surface area (Å²) in [6, 6.07) is 0. The number of carboxylic acids is 2. The Morgan fingerprint density at radius 3 is 1.56 bits per heavy atom. The van der Waals surface area contributed by atoms with Crippen LogP contribution < -0.4 is 0 Å². The van der Waals surface area contributed by atoms with Gasteiger partial charge in [0.25, 0.3) is 0 Å². The van der Waals surface area contributed by atoms with Crippen LogP contribution in [0.15, 0.2) is 24.5 Å². The van der Waals surface area contributed by atoms with Gasteiger partial charge in [-0.2, -0.15) is 0 Å². The molecule has 6 nitrogen and oxygen atoms in total. The van der Waals surface area contributed by atoms with Crippen molar-refractivity contribution in [3.05, 3.63) is 24.5 Å². The van der Waals surface area contributed by atoms with E-state index in [0.29, 0.717) is 6.42 Å². The first-order valence-electron chi connectivity index (χ1n) is 4.53. The fourth-order valence-electron chi connectivity index (χ4n) is 0.517. The molecule has 0 unspecified atom stereocenters. The minimum atomic E-state index is -0.957. The molecule has 6 heteroatoms. The monoisotopic (exact) mass is 232 g/mol. The third-order valence-electron chi connectivity index (χ3n) is 1.15. The lowest BCUT2D eigenvalue weighted by Gasteiger charge is -1.83. The number of carbonyl (C=O) groups is 2. The molecule has 0 aromatic rings. The van der Waals surface area contributed by atoms with Gasteiger partial charge in [-0.15, -0.1) is 0 Å². The topological polar surface area (TPSA) is 115 Å². The van der Waals surface area contributed by atoms with Crippen molar-refractivity contribution >= 4 is 11.9 Å². The van der Waals surface area contributed by atoms with Gasteiger partial charge in [-0.05, 0) is 12.5 Å². The van der Waals surface area contributed by atoms with Gasteiger partial charge in [-0.25, -0.2) is 0 Å². The van der Waals surface area contributed by atoms with Gasteiger partial charge in [0.2, 0.25) is 0 Å². The van der Waals surface area contributed by atoms with Crippen LogP contribution >= 0.6 is 0 Å². The van der Waals surface area contributed by atoms with Crippen molar-refractivity contribution in [3.8, 4) is 0 Å². The normalized spacial score (nSPS) is 10.1. The lowest BCUT2D eigenvalue weighted by Crippen LogP contribution is -1.92. The molecule has 0 spiro atoms. The second-order valence-corrected chi connectivity index (χ2v) is 2.56. The molecule has 0 aromatic carbocycles. The van der Waals surface area contributed by atoms with Gasteiger partial charge >= 0.3 is 11.9 Å². The summed E-state index contributed by atoms with van der Waals surface area (Å²) in [5.41, 5.74) is 0. The summed E-state index contributed by atoms with van der Waals surface area (Å²) in [6.07, 6.45) is 5.35. The first kappa shape index (κ1) is 16.6. The van der Waals surface area contributed by atoms with Crippen LogP contribution in [0.3, 0.4) is 0 Å².